The lowest BCUT2D eigenvalue weighted by Crippen LogP contribution is -2.45. The number of nitrogens with zero attached hydrogens (tertiary/aromatic N) is 1. The van der Waals surface area contributed by atoms with Crippen LogP contribution in [0.25, 0.3) is 22.4 Å². The van der Waals surface area contributed by atoms with Crippen LogP contribution in [0.5, 0.6) is 0 Å². The molecule has 0 spiro atoms. The van der Waals surface area contributed by atoms with Crippen LogP contribution in [0.1, 0.15) is 36.3 Å². The normalized spacial score (nSPS) is 11.3. The van der Waals surface area contributed by atoms with E-state index in [0.29, 0.717) is 5.84 Å². The van der Waals surface area contributed by atoms with E-state index >= 15 is 0 Å². The van der Waals surface area contributed by atoms with Gasteiger partial charge in [-0.15, -0.1) is 0 Å². The predicted octanol–water partition coefficient (Wildman–Crippen LogP) is 2.98. The Labute approximate surface area is 164 Å². The number of nitrogens with two attached hydrogens (primary N) is 2. The summed E-state index contributed by atoms with van der Waals surface area (Å²) >= 11 is 1.81. The Kier molecular flexibility index (Phi) is 6.60. The van der Waals surface area contributed by atoms with E-state index in [-0.39, 0.29) is 0 Å². The van der Waals surface area contributed by atoms with Gasteiger partial charge >= 0.3 is 0 Å². The molecule has 4 nitrogen and oxygen atoms in total. The molecule has 0 saturated heterocycles. The summed E-state index contributed by atoms with van der Waals surface area (Å²) in [5.41, 5.74) is 9.10. The van der Waals surface area contributed by atoms with Gasteiger partial charge < -0.3 is 5.32 Å². The Morgan fingerprint density at radius 1 is 1.07 bits per heavy atom. The molecule has 3 aromatic rings. The molecule has 1 heterocycles. The van der Waals surface area contributed by atoms with Crippen molar-refractivity contribution in [2.45, 2.75) is 25.7 Å². The van der Waals surface area contributed by atoms with Gasteiger partial charge in [0.05, 0.1) is 0 Å². The number of rotatable bonds is 9. The lowest BCUT2D eigenvalue weighted by atomic mass is 10.1. The molecule has 5 N–H and O–H groups in total. The topological polar surface area (TPSA) is 67.5 Å². The molecule has 0 aliphatic heterocycles. The van der Waals surface area contributed by atoms with Gasteiger partial charge in [-0.3, -0.25) is 11.1 Å². The van der Waals surface area contributed by atoms with Crippen molar-refractivity contribution in [3.05, 3.63) is 59.1 Å². The van der Waals surface area contributed by atoms with E-state index in [2.05, 4.69) is 77.6 Å². The molecular weight excluding hydrogens is 352 g/mol. The average Bonchev–Trinajstić information content (AvgIpc) is 3.00. The number of amidine groups is 1. The van der Waals surface area contributed by atoms with Gasteiger partial charge in [-0.1, -0.05) is 42.0 Å². The Bertz CT molecular complexity index is 925. The number of benzene rings is 2. The van der Waals surface area contributed by atoms with Crippen molar-refractivity contribution in [2.24, 2.45) is 12.8 Å². The minimum atomic E-state index is 0.538. The lowest BCUT2D eigenvalue weighted by Gasteiger charge is -2.06. The van der Waals surface area contributed by atoms with E-state index in [9.17, 15) is 0 Å². The molecule has 2 aromatic carbocycles. The number of hydrogen-bond donors (Lipinski definition) is 3. The van der Waals surface area contributed by atoms with Gasteiger partial charge in [0.2, 0.25) is 11.4 Å². The standard InChI is InChI=1S/C22H26N4S/c1-26-19-7-4-5-8-20(19)27-22(26)15-12-17-10-13-18(14-11-17)25-16-6-2-3-9-21(23)24/h4-5,7-8,10-15H,2-3,6,9,16H2,1H3,(H3,23,24)/p+2. The highest BCUT2D eigenvalue weighted by atomic mass is 32.1. The number of thiazole rings is 1. The molecule has 3 rings (SSSR count). The summed E-state index contributed by atoms with van der Waals surface area (Å²) < 4.78 is 3.55. The van der Waals surface area contributed by atoms with Gasteiger partial charge in [0.1, 0.15) is 11.7 Å². The van der Waals surface area contributed by atoms with Crippen LogP contribution in [0.15, 0.2) is 48.5 Å². The lowest BCUT2D eigenvalue weighted by molar-refractivity contribution is -0.642. The third-order valence-electron chi connectivity index (χ3n) is 4.57. The van der Waals surface area contributed by atoms with Crippen molar-refractivity contribution < 1.29 is 9.98 Å². The number of unbranched alkanes of at least 4 members (excludes halogenated alkanes) is 2. The maximum absolute atomic E-state index is 5.47. The summed E-state index contributed by atoms with van der Waals surface area (Å²) in [5.74, 6) is 0.538. The smallest absolute Gasteiger partial charge is 0.262 e. The van der Waals surface area contributed by atoms with Crippen molar-refractivity contribution in [3.63, 3.8) is 0 Å². The molecule has 0 atom stereocenters. The zero-order valence-corrected chi connectivity index (χ0v) is 16.6. The fourth-order valence-corrected chi connectivity index (χ4v) is 4.06. The highest BCUT2D eigenvalue weighted by Gasteiger charge is 2.13. The summed E-state index contributed by atoms with van der Waals surface area (Å²) in [6.07, 6.45) is 8.49. The third kappa shape index (κ3) is 5.41. The fraction of sp³-hybridized carbons (Fsp3) is 0.273. The molecule has 1 aromatic heterocycles. The number of hydrogen-bond acceptors (Lipinski definition) is 2. The number of aromatic nitrogens is 1. The maximum Gasteiger partial charge on any atom is 0.262 e. The molecular formula is C22H28N4S+2. The zero-order valence-electron chi connectivity index (χ0n) is 15.8. The van der Waals surface area contributed by atoms with Crippen LogP contribution in [-0.2, 0) is 7.05 Å². The maximum atomic E-state index is 5.47. The van der Waals surface area contributed by atoms with E-state index in [1.54, 1.807) is 0 Å². The minimum Gasteiger partial charge on any atom is -0.385 e. The van der Waals surface area contributed by atoms with Crippen LogP contribution in [-0.4, -0.2) is 12.4 Å². The molecule has 0 bridgehead atoms. The third-order valence-corrected chi connectivity index (χ3v) is 5.76. The summed E-state index contributed by atoms with van der Waals surface area (Å²) in [6, 6.07) is 17.1. The molecule has 0 fully saturated rings. The van der Waals surface area contributed by atoms with E-state index in [1.165, 1.54) is 20.8 Å². The molecule has 0 radical (unpaired) electrons. The number of anilines is 1. The first kappa shape index (κ1) is 19.1. The second kappa shape index (κ2) is 9.33. The van der Waals surface area contributed by atoms with E-state index in [4.69, 9.17) is 11.1 Å². The Morgan fingerprint density at radius 3 is 2.59 bits per heavy atom. The highest BCUT2D eigenvalue weighted by Crippen LogP contribution is 2.21. The molecule has 0 saturated carbocycles. The zero-order chi connectivity index (χ0) is 19.1. The predicted molar refractivity (Wildman–Crippen MR) is 116 cm³/mol. The van der Waals surface area contributed by atoms with Gasteiger partial charge in [-0.2, -0.15) is 4.57 Å². The van der Waals surface area contributed by atoms with Crippen molar-refractivity contribution in [1.82, 2.24) is 0 Å². The van der Waals surface area contributed by atoms with E-state index in [0.717, 1.165) is 37.9 Å². The second-order valence-electron chi connectivity index (χ2n) is 6.73. The summed E-state index contributed by atoms with van der Waals surface area (Å²) in [6.45, 7) is 0.970. The highest BCUT2D eigenvalue weighted by molar-refractivity contribution is 7.18. The number of fused-ring (bicyclic) bond motifs is 1. The molecule has 27 heavy (non-hydrogen) atoms. The fourth-order valence-electron chi connectivity index (χ4n) is 3.01. The summed E-state index contributed by atoms with van der Waals surface area (Å²) in [7, 11) is 2.12. The first-order valence-electron chi connectivity index (χ1n) is 9.40. The van der Waals surface area contributed by atoms with E-state index in [1.807, 2.05) is 11.3 Å². The Hall–Kier alpha value is -2.66. The Balaban J connectivity index is 1.52. The van der Waals surface area contributed by atoms with Gasteiger partial charge in [0.15, 0.2) is 0 Å². The average molecular weight is 381 g/mol. The van der Waals surface area contributed by atoms with Crippen molar-refractivity contribution in [3.8, 4) is 0 Å². The van der Waals surface area contributed by atoms with Crippen LogP contribution in [0, 0.1) is 0 Å². The second-order valence-corrected chi connectivity index (χ2v) is 7.80. The van der Waals surface area contributed by atoms with Crippen LogP contribution >= 0.6 is 11.3 Å². The van der Waals surface area contributed by atoms with Gasteiger partial charge in [-0.25, -0.2) is 0 Å². The first-order chi connectivity index (χ1) is 13.1. The van der Waals surface area contributed by atoms with Gasteiger partial charge in [-0.05, 0) is 42.7 Å². The summed E-state index contributed by atoms with van der Waals surface area (Å²) in [4.78, 5) is 0. The molecule has 5 heteroatoms. The number of aryl methyl sites for hydroxylation is 1. The van der Waals surface area contributed by atoms with Crippen LogP contribution in [0.3, 0.4) is 0 Å². The van der Waals surface area contributed by atoms with Crippen LogP contribution in [0.2, 0.25) is 0 Å². The van der Waals surface area contributed by atoms with Gasteiger partial charge in [0.25, 0.3) is 5.01 Å². The molecule has 0 amide bonds. The Morgan fingerprint density at radius 2 is 1.85 bits per heavy atom. The van der Waals surface area contributed by atoms with Crippen LogP contribution < -0.4 is 21.0 Å². The molecule has 0 aliphatic rings. The van der Waals surface area contributed by atoms with Gasteiger partial charge in [0, 0.05) is 30.8 Å². The molecule has 0 unspecified atom stereocenters. The quantitative estimate of drug-likeness (QED) is 0.231. The minimum absolute atomic E-state index is 0.538. The molecule has 0 aliphatic carbocycles. The monoisotopic (exact) mass is 380 g/mol. The number of nitrogens with one attached hydrogen (secondary N) is 1. The first-order valence-corrected chi connectivity index (χ1v) is 10.2. The van der Waals surface area contributed by atoms with Crippen molar-refractivity contribution >= 4 is 45.2 Å². The molecule has 140 valence electrons. The summed E-state index contributed by atoms with van der Waals surface area (Å²) in [5, 5.41) is 10.2. The van der Waals surface area contributed by atoms with Crippen molar-refractivity contribution in [2.75, 3.05) is 11.9 Å². The van der Waals surface area contributed by atoms with Crippen molar-refractivity contribution in [1.29, 1.82) is 0 Å². The van der Waals surface area contributed by atoms with Crippen LogP contribution in [0.4, 0.5) is 5.69 Å². The largest absolute Gasteiger partial charge is 0.385 e. The van der Waals surface area contributed by atoms with E-state index < -0.39 is 0 Å². The SMILES string of the molecule is C[n+]1c(C=Cc2ccc(NCCCCCC(N)=[NH2+])cc2)sc2ccccc21. The number of para-hydroxylation sites is 1.